The summed E-state index contributed by atoms with van der Waals surface area (Å²) in [5.74, 6) is 0.550. The molecule has 0 saturated carbocycles. The van der Waals surface area contributed by atoms with Gasteiger partial charge in [0.05, 0.1) is 27.5 Å². The number of hydrogen-bond donors (Lipinski definition) is 1. The highest BCUT2D eigenvalue weighted by Crippen LogP contribution is 2.28. The van der Waals surface area contributed by atoms with Gasteiger partial charge in [-0.1, -0.05) is 17.4 Å². The van der Waals surface area contributed by atoms with E-state index in [1.807, 2.05) is 25.1 Å². The molecule has 1 amide bonds. The number of anilines is 1. The molecule has 0 radical (unpaired) electrons. The smallest absolute Gasteiger partial charge is 0.236 e. The van der Waals surface area contributed by atoms with Crippen molar-refractivity contribution in [1.82, 2.24) is 4.98 Å². The zero-order valence-corrected chi connectivity index (χ0v) is 14.5. The molecule has 1 atom stereocenters. The summed E-state index contributed by atoms with van der Waals surface area (Å²) in [6.45, 7) is 2.02. The molecule has 1 aliphatic rings. The fourth-order valence-corrected chi connectivity index (χ4v) is 6.75. The number of carbonyl (C=O) groups excluding carboxylic acids is 1. The highest BCUT2D eigenvalue weighted by Gasteiger charge is 2.28. The Balaban J connectivity index is 1.57. The summed E-state index contributed by atoms with van der Waals surface area (Å²) in [7, 11) is -2.89. The first-order valence-electron chi connectivity index (χ1n) is 6.90. The molecule has 0 aliphatic carbocycles. The second-order valence-electron chi connectivity index (χ2n) is 5.37. The van der Waals surface area contributed by atoms with Crippen molar-refractivity contribution in [2.24, 2.45) is 0 Å². The molecule has 0 bridgehead atoms. The van der Waals surface area contributed by atoms with Gasteiger partial charge >= 0.3 is 0 Å². The first kappa shape index (κ1) is 15.8. The largest absolute Gasteiger partial charge is 0.301 e. The molecule has 1 unspecified atom stereocenters. The average molecular weight is 356 g/mol. The molecule has 1 saturated heterocycles. The van der Waals surface area contributed by atoms with E-state index in [0.29, 0.717) is 11.6 Å². The summed E-state index contributed by atoms with van der Waals surface area (Å²) in [6, 6.07) is 5.97. The van der Waals surface area contributed by atoms with Crippen molar-refractivity contribution < 1.29 is 13.2 Å². The topological polar surface area (TPSA) is 76.1 Å². The molecule has 8 heteroatoms. The van der Waals surface area contributed by atoms with Gasteiger partial charge < -0.3 is 5.32 Å². The Morgan fingerprint density at radius 3 is 3.05 bits per heavy atom. The fraction of sp³-hybridized carbons (Fsp3) is 0.429. The quantitative estimate of drug-likeness (QED) is 0.911. The van der Waals surface area contributed by atoms with E-state index in [2.05, 4.69) is 10.3 Å². The lowest BCUT2D eigenvalue weighted by Gasteiger charge is -2.06. The molecule has 0 spiro atoms. The van der Waals surface area contributed by atoms with Gasteiger partial charge in [-0.15, -0.1) is 11.8 Å². The van der Waals surface area contributed by atoms with E-state index in [1.165, 1.54) is 23.1 Å². The third-order valence-electron chi connectivity index (χ3n) is 3.43. The van der Waals surface area contributed by atoms with Crippen molar-refractivity contribution in [3.05, 3.63) is 23.8 Å². The third-order valence-corrected chi connectivity index (χ3v) is 7.65. The average Bonchev–Trinajstić information content (AvgIpc) is 2.98. The Morgan fingerprint density at radius 1 is 1.50 bits per heavy atom. The highest BCUT2D eigenvalue weighted by atomic mass is 32.2. The minimum atomic E-state index is -2.89. The number of thioether (sulfide) groups is 1. The van der Waals surface area contributed by atoms with Crippen LogP contribution in [0.3, 0.4) is 0 Å². The lowest BCUT2D eigenvalue weighted by atomic mass is 10.2. The van der Waals surface area contributed by atoms with Crippen molar-refractivity contribution in [3.8, 4) is 0 Å². The van der Waals surface area contributed by atoms with Crippen LogP contribution in [0.15, 0.2) is 18.2 Å². The Labute approximate surface area is 137 Å². The second kappa shape index (κ2) is 6.17. The third kappa shape index (κ3) is 3.80. The summed E-state index contributed by atoms with van der Waals surface area (Å²) in [4.78, 5) is 16.3. The summed E-state index contributed by atoms with van der Waals surface area (Å²) >= 11 is 2.86. The second-order valence-corrected chi connectivity index (χ2v) is 9.92. The number of nitrogens with zero attached hydrogens (tertiary/aromatic N) is 1. The first-order valence-corrected chi connectivity index (χ1v) is 10.6. The molecular formula is C14H16N2O3S3. The number of aryl methyl sites for hydroxylation is 1. The van der Waals surface area contributed by atoms with E-state index < -0.39 is 9.84 Å². The Kier molecular flexibility index (Phi) is 4.42. The maximum atomic E-state index is 12.0. The molecule has 1 aromatic carbocycles. The summed E-state index contributed by atoms with van der Waals surface area (Å²) < 4.78 is 23.8. The molecule has 22 heavy (non-hydrogen) atoms. The van der Waals surface area contributed by atoms with Crippen LogP contribution in [-0.2, 0) is 14.6 Å². The molecule has 1 aliphatic heterocycles. The number of hydrogen-bond acceptors (Lipinski definition) is 6. The number of benzene rings is 1. The van der Waals surface area contributed by atoms with Crippen LogP contribution in [0.4, 0.5) is 5.13 Å². The maximum absolute atomic E-state index is 12.0. The van der Waals surface area contributed by atoms with Crippen LogP contribution in [-0.4, -0.2) is 41.8 Å². The van der Waals surface area contributed by atoms with Gasteiger partial charge in [0.15, 0.2) is 15.0 Å². The van der Waals surface area contributed by atoms with Crippen molar-refractivity contribution in [2.75, 3.05) is 22.6 Å². The summed E-state index contributed by atoms with van der Waals surface area (Å²) in [6.07, 6.45) is 0.640. The van der Waals surface area contributed by atoms with Gasteiger partial charge in [-0.3, -0.25) is 4.79 Å². The Bertz CT molecular complexity index is 814. The van der Waals surface area contributed by atoms with Crippen LogP contribution in [0.5, 0.6) is 0 Å². The van der Waals surface area contributed by atoms with Gasteiger partial charge in [-0.05, 0) is 31.0 Å². The number of fused-ring (bicyclic) bond motifs is 1. The Morgan fingerprint density at radius 2 is 2.32 bits per heavy atom. The van der Waals surface area contributed by atoms with Crippen LogP contribution in [0, 0.1) is 6.92 Å². The molecule has 2 heterocycles. The summed E-state index contributed by atoms with van der Waals surface area (Å²) in [5.41, 5.74) is 2.03. The highest BCUT2D eigenvalue weighted by molar-refractivity contribution is 8.02. The van der Waals surface area contributed by atoms with E-state index in [-0.39, 0.29) is 28.4 Å². The number of aromatic nitrogens is 1. The van der Waals surface area contributed by atoms with Gasteiger partial charge in [0.2, 0.25) is 5.91 Å². The lowest BCUT2D eigenvalue weighted by molar-refractivity contribution is -0.113. The fourth-order valence-electron chi connectivity index (χ4n) is 2.33. The van der Waals surface area contributed by atoms with Crippen LogP contribution in [0.25, 0.3) is 10.2 Å². The van der Waals surface area contributed by atoms with Gasteiger partial charge in [0.25, 0.3) is 0 Å². The van der Waals surface area contributed by atoms with Gasteiger partial charge in [0.1, 0.15) is 0 Å². The van der Waals surface area contributed by atoms with Crippen molar-refractivity contribution in [2.45, 2.75) is 18.6 Å². The van der Waals surface area contributed by atoms with E-state index in [0.717, 1.165) is 15.8 Å². The maximum Gasteiger partial charge on any atom is 0.236 e. The minimum absolute atomic E-state index is 0.0359. The molecule has 118 valence electrons. The molecule has 1 fully saturated rings. The van der Waals surface area contributed by atoms with E-state index in [9.17, 15) is 13.2 Å². The molecule has 1 N–H and O–H groups in total. The van der Waals surface area contributed by atoms with Crippen molar-refractivity contribution >= 4 is 54.2 Å². The SMILES string of the molecule is Cc1ccc2nc(NC(=O)CSC3CCS(=O)(=O)C3)sc2c1. The number of amides is 1. The number of thiazole rings is 1. The zero-order chi connectivity index (χ0) is 15.7. The monoisotopic (exact) mass is 356 g/mol. The number of sulfone groups is 1. The first-order chi connectivity index (χ1) is 10.4. The molecule has 3 rings (SSSR count). The van der Waals surface area contributed by atoms with Crippen LogP contribution >= 0.6 is 23.1 Å². The molecule has 2 aromatic rings. The minimum Gasteiger partial charge on any atom is -0.301 e. The van der Waals surface area contributed by atoms with Crippen molar-refractivity contribution in [1.29, 1.82) is 0 Å². The number of rotatable bonds is 4. The van der Waals surface area contributed by atoms with Crippen LogP contribution < -0.4 is 5.32 Å². The van der Waals surface area contributed by atoms with E-state index >= 15 is 0 Å². The van der Waals surface area contributed by atoms with Gasteiger partial charge in [-0.2, -0.15) is 0 Å². The van der Waals surface area contributed by atoms with Crippen LogP contribution in [0.1, 0.15) is 12.0 Å². The molecule has 1 aromatic heterocycles. The lowest BCUT2D eigenvalue weighted by Crippen LogP contribution is -2.17. The van der Waals surface area contributed by atoms with Gasteiger partial charge in [-0.25, -0.2) is 13.4 Å². The van der Waals surface area contributed by atoms with E-state index in [1.54, 1.807) is 0 Å². The molecular weight excluding hydrogens is 340 g/mol. The predicted molar refractivity (Wildman–Crippen MR) is 92.5 cm³/mol. The van der Waals surface area contributed by atoms with Crippen molar-refractivity contribution in [3.63, 3.8) is 0 Å². The molecule has 5 nitrogen and oxygen atoms in total. The number of nitrogens with one attached hydrogen (secondary N) is 1. The zero-order valence-electron chi connectivity index (χ0n) is 12.0. The van der Waals surface area contributed by atoms with Gasteiger partial charge in [0, 0.05) is 5.25 Å². The summed E-state index contributed by atoms with van der Waals surface area (Å²) in [5, 5.41) is 3.42. The normalized spacial score (nSPS) is 20.3. The predicted octanol–water partition coefficient (Wildman–Crippen LogP) is 2.46. The standard InChI is InChI=1S/C14H16N2O3S3/c1-9-2-3-11-12(6-9)21-14(15-11)16-13(17)7-20-10-4-5-22(18,19)8-10/h2-3,6,10H,4-5,7-8H2,1H3,(H,15,16,17). The number of carbonyl (C=O) groups is 1. The Hall–Kier alpha value is -1.12. The van der Waals surface area contributed by atoms with E-state index in [4.69, 9.17) is 0 Å². The van der Waals surface area contributed by atoms with Crippen LogP contribution in [0.2, 0.25) is 0 Å².